The van der Waals surface area contributed by atoms with E-state index >= 15 is 0 Å². The van der Waals surface area contributed by atoms with Gasteiger partial charge in [0.2, 0.25) is 5.91 Å². The number of carbonyl (C=O) groups excluding carboxylic acids is 1. The third-order valence-electron chi connectivity index (χ3n) is 3.96. The fourth-order valence-electron chi connectivity index (χ4n) is 2.74. The van der Waals surface area contributed by atoms with Crippen molar-refractivity contribution in [1.29, 1.82) is 0 Å². The standard InChI is InChI=1S/C14H26N4O2.HI/c15-14(17-12-5-3-1-2-4-6-12)16-11-13(19)18-7-9-20-10-8-18;/h12H,1-11H2,(H3,15,16,17);1H. The molecule has 21 heavy (non-hydrogen) atoms. The fraction of sp³-hybridized carbons (Fsp3) is 0.857. The van der Waals surface area contributed by atoms with Gasteiger partial charge in [-0.15, -0.1) is 24.0 Å². The van der Waals surface area contributed by atoms with Crippen molar-refractivity contribution in [3.8, 4) is 0 Å². The van der Waals surface area contributed by atoms with Crippen LogP contribution in [0.4, 0.5) is 0 Å². The van der Waals surface area contributed by atoms with Crippen LogP contribution in [0.25, 0.3) is 0 Å². The summed E-state index contributed by atoms with van der Waals surface area (Å²) in [6.07, 6.45) is 7.41. The van der Waals surface area contributed by atoms with Gasteiger partial charge in [0.25, 0.3) is 0 Å². The lowest BCUT2D eigenvalue weighted by Crippen LogP contribution is -2.43. The molecule has 1 aliphatic heterocycles. The number of guanidine groups is 1. The molecule has 1 saturated carbocycles. The van der Waals surface area contributed by atoms with E-state index in [4.69, 9.17) is 10.5 Å². The highest BCUT2D eigenvalue weighted by molar-refractivity contribution is 14.0. The number of nitrogens with one attached hydrogen (secondary N) is 1. The maximum atomic E-state index is 11.9. The Labute approximate surface area is 143 Å². The van der Waals surface area contributed by atoms with Crippen molar-refractivity contribution in [2.75, 3.05) is 32.8 Å². The number of ether oxygens (including phenoxy) is 1. The second kappa shape index (κ2) is 10.2. The lowest BCUT2D eigenvalue weighted by atomic mass is 10.1. The molecule has 0 radical (unpaired) electrons. The Morgan fingerprint density at radius 1 is 1.19 bits per heavy atom. The van der Waals surface area contributed by atoms with Crippen molar-refractivity contribution >= 4 is 35.8 Å². The first-order chi connectivity index (χ1) is 9.75. The fourth-order valence-corrected chi connectivity index (χ4v) is 2.74. The van der Waals surface area contributed by atoms with Gasteiger partial charge in [0.1, 0.15) is 6.54 Å². The zero-order valence-corrected chi connectivity index (χ0v) is 14.9. The van der Waals surface area contributed by atoms with Crippen molar-refractivity contribution < 1.29 is 9.53 Å². The molecule has 0 aromatic carbocycles. The highest BCUT2D eigenvalue weighted by Gasteiger charge is 2.16. The van der Waals surface area contributed by atoms with Crippen LogP contribution in [0.3, 0.4) is 0 Å². The molecule has 0 unspecified atom stereocenters. The second-order valence-corrected chi connectivity index (χ2v) is 5.53. The summed E-state index contributed by atoms with van der Waals surface area (Å²) in [4.78, 5) is 17.9. The zero-order chi connectivity index (χ0) is 14.2. The summed E-state index contributed by atoms with van der Waals surface area (Å²) >= 11 is 0. The van der Waals surface area contributed by atoms with E-state index in [9.17, 15) is 4.79 Å². The highest BCUT2D eigenvalue weighted by Crippen LogP contribution is 2.16. The van der Waals surface area contributed by atoms with Crippen molar-refractivity contribution in [3.63, 3.8) is 0 Å². The van der Waals surface area contributed by atoms with Gasteiger partial charge in [-0.05, 0) is 12.8 Å². The molecule has 1 aliphatic carbocycles. The molecule has 2 aliphatic rings. The molecule has 1 amide bonds. The first kappa shape index (κ1) is 18.5. The number of hydrogen-bond donors (Lipinski definition) is 2. The van der Waals surface area contributed by atoms with E-state index < -0.39 is 0 Å². The Morgan fingerprint density at radius 3 is 2.43 bits per heavy atom. The van der Waals surface area contributed by atoms with Crippen molar-refractivity contribution in [2.45, 2.75) is 44.6 Å². The van der Waals surface area contributed by atoms with E-state index in [1.807, 2.05) is 0 Å². The number of aliphatic imine (C=N–C) groups is 1. The Kier molecular flexibility index (Phi) is 8.98. The Morgan fingerprint density at radius 2 is 1.81 bits per heavy atom. The number of morpholine rings is 1. The minimum atomic E-state index is 0. The largest absolute Gasteiger partial charge is 0.378 e. The minimum absolute atomic E-state index is 0. The monoisotopic (exact) mass is 410 g/mol. The van der Waals surface area contributed by atoms with Gasteiger partial charge in [0.15, 0.2) is 5.96 Å². The summed E-state index contributed by atoms with van der Waals surface area (Å²) in [5, 5.41) is 3.25. The molecule has 0 atom stereocenters. The lowest BCUT2D eigenvalue weighted by molar-refractivity contribution is -0.133. The summed E-state index contributed by atoms with van der Waals surface area (Å²) in [5.41, 5.74) is 5.88. The molecular formula is C14H27IN4O2. The number of hydrogen-bond acceptors (Lipinski definition) is 3. The van der Waals surface area contributed by atoms with Gasteiger partial charge in [0, 0.05) is 19.1 Å². The van der Waals surface area contributed by atoms with Crippen LogP contribution in [-0.2, 0) is 9.53 Å². The van der Waals surface area contributed by atoms with Crippen molar-refractivity contribution in [1.82, 2.24) is 10.2 Å². The van der Waals surface area contributed by atoms with Gasteiger partial charge in [0.05, 0.1) is 13.2 Å². The van der Waals surface area contributed by atoms with Gasteiger partial charge >= 0.3 is 0 Å². The van der Waals surface area contributed by atoms with Crippen LogP contribution in [0, 0.1) is 0 Å². The molecule has 1 heterocycles. The van der Waals surface area contributed by atoms with Crippen LogP contribution in [0.1, 0.15) is 38.5 Å². The zero-order valence-electron chi connectivity index (χ0n) is 12.6. The summed E-state index contributed by atoms with van der Waals surface area (Å²) in [5.74, 6) is 0.428. The van der Waals surface area contributed by atoms with Crippen LogP contribution >= 0.6 is 24.0 Å². The Hall–Kier alpha value is -0.570. The SMILES string of the molecule is I.NC(=NCC(=O)N1CCOCC1)NC1CCCCCC1. The quantitative estimate of drug-likeness (QED) is 0.316. The maximum Gasteiger partial charge on any atom is 0.244 e. The number of rotatable bonds is 3. The van der Waals surface area contributed by atoms with Crippen LogP contribution < -0.4 is 11.1 Å². The predicted octanol–water partition coefficient (Wildman–Crippen LogP) is 1.09. The Bertz CT molecular complexity index is 338. The van der Waals surface area contributed by atoms with E-state index in [2.05, 4.69) is 10.3 Å². The average Bonchev–Trinajstić information content (AvgIpc) is 2.74. The van der Waals surface area contributed by atoms with Gasteiger partial charge in [-0.2, -0.15) is 0 Å². The van der Waals surface area contributed by atoms with E-state index in [1.165, 1.54) is 25.7 Å². The lowest BCUT2D eigenvalue weighted by Gasteiger charge is -2.26. The van der Waals surface area contributed by atoms with Crippen molar-refractivity contribution in [3.05, 3.63) is 0 Å². The van der Waals surface area contributed by atoms with Crippen LogP contribution in [0.2, 0.25) is 0 Å². The van der Waals surface area contributed by atoms with Gasteiger partial charge in [-0.1, -0.05) is 25.7 Å². The number of halogens is 1. The molecule has 0 aromatic rings. The number of nitrogens with two attached hydrogens (primary N) is 1. The molecule has 0 spiro atoms. The summed E-state index contributed by atoms with van der Waals surface area (Å²) in [7, 11) is 0. The molecule has 2 rings (SSSR count). The van der Waals surface area contributed by atoms with E-state index in [0.717, 1.165) is 12.8 Å². The molecule has 1 saturated heterocycles. The van der Waals surface area contributed by atoms with Crippen LogP contribution in [0.5, 0.6) is 0 Å². The number of amides is 1. The van der Waals surface area contributed by atoms with E-state index in [1.54, 1.807) is 4.90 Å². The van der Waals surface area contributed by atoms with Gasteiger partial charge in [-0.3, -0.25) is 4.79 Å². The third-order valence-corrected chi connectivity index (χ3v) is 3.96. The average molecular weight is 410 g/mol. The molecule has 6 nitrogen and oxygen atoms in total. The minimum Gasteiger partial charge on any atom is -0.378 e. The normalized spacial score (nSPS) is 21.3. The number of carbonyl (C=O) groups is 1. The molecule has 122 valence electrons. The molecule has 2 fully saturated rings. The third kappa shape index (κ3) is 6.82. The summed E-state index contributed by atoms with van der Waals surface area (Å²) in [6.45, 7) is 2.68. The summed E-state index contributed by atoms with van der Waals surface area (Å²) < 4.78 is 5.22. The first-order valence-corrected chi connectivity index (χ1v) is 7.67. The molecular weight excluding hydrogens is 383 g/mol. The summed E-state index contributed by atoms with van der Waals surface area (Å²) in [6, 6.07) is 0.416. The van der Waals surface area contributed by atoms with Crippen LogP contribution in [0.15, 0.2) is 4.99 Å². The van der Waals surface area contributed by atoms with Crippen molar-refractivity contribution in [2.24, 2.45) is 10.7 Å². The van der Waals surface area contributed by atoms with Gasteiger partial charge < -0.3 is 20.7 Å². The molecule has 3 N–H and O–H groups in total. The molecule has 7 heteroatoms. The topological polar surface area (TPSA) is 80.0 Å². The van der Waals surface area contributed by atoms with Crippen LogP contribution in [-0.4, -0.2) is 55.7 Å². The molecule has 0 aromatic heterocycles. The maximum absolute atomic E-state index is 11.9. The second-order valence-electron chi connectivity index (χ2n) is 5.53. The van der Waals surface area contributed by atoms with E-state index in [0.29, 0.717) is 38.3 Å². The van der Waals surface area contributed by atoms with E-state index in [-0.39, 0.29) is 36.4 Å². The van der Waals surface area contributed by atoms with Gasteiger partial charge in [-0.25, -0.2) is 4.99 Å². The number of nitrogens with zero attached hydrogens (tertiary/aromatic N) is 2. The molecule has 0 bridgehead atoms. The highest BCUT2D eigenvalue weighted by atomic mass is 127. The Balaban J connectivity index is 0.00000220. The smallest absolute Gasteiger partial charge is 0.244 e. The predicted molar refractivity (Wildman–Crippen MR) is 93.9 cm³/mol. The first-order valence-electron chi connectivity index (χ1n) is 7.67.